The summed E-state index contributed by atoms with van der Waals surface area (Å²) in [6.07, 6.45) is -3.17. The molecule has 0 fully saturated rings. The number of sulfone groups is 1. The molecule has 2 N–H and O–H groups in total. The molecule has 0 aliphatic heterocycles. The SMILES string of the molecule is CCNC(=NCc1ccc(COCC(F)(F)F)cc1)NCCS(C)(=O)=O. The maximum Gasteiger partial charge on any atom is 0.411 e. The van der Waals surface area contributed by atoms with Crippen LogP contribution in [0.25, 0.3) is 0 Å². The van der Waals surface area contributed by atoms with Crippen molar-refractivity contribution in [1.29, 1.82) is 0 Å². The van der Waals surface area contributed by atoms with Crippen LogP contribution in [0.4, 0.5) is 13.2 Å². The average molecular weight is 395 g/mol. The fourth-order valence-electron chi connectivity index (χ4n) is 1.89. The Morgan fingerprint density at radius 2 is 1.77 bits per heavy atom. The number of benzene rings is 1. The van der Waals surface area contributed by atoms with Crippen LogP contribution in [0.15, 0.2) is 29.3 Å². The zero-order valence-corrected chi connectivity index (χ0v) is 15.6. The van der Waals surface area contributed by atoms with Gasteiger partial charge in [0.25, 0.3) is 0 Å². The number of nitrogens with zero attached hydrogens (tertiary/aromatic N) is 1. The second-order valence-electron chi connectivity index (χ2n) is 5.68. The highest BCUT2D eigenvalue weighted by Gasteiger charge is 2.27. The molecular weight excluding hydrogens is 371 g/mol. The molecule has 6 nitrogen and oxygen atoms in total. The Morgan fingerprint density at radius 3 is 2.31 bits per heavy atom. The fraction of sp³-hybridized carbons (Fsp3) is 0.562. The summed E-state index contributed by atoms with van der Waals surface area (Å²) >= 11 is 0. The lowest BCUT2D eigenvalue weighted by atomic mass is 10.1. The van der Waals surface area contributed by atoms with Gasteiger partial charge < -0.3 is 15.4 Å². The predicted molar refractivity (Wildman–Crippen MR) is 94.7 cm³/mol. The molecule has 0 bridgehead atoms. The Balaban J connectivity index is 2.52. The van der Waals surface area contributed by atoms with E-state index in [4.69, 9.17) is 0 Å². The summed E-state index contributed by atoms with van der Waals surface area (Å²) in [5.41, 5.74) is 1.50. The third-order valence-corrected chi connectivity index (χ3v) is 4.03. The van der Waals surface area contributed by atoms with Crippen molar-refractivity contribution in [2.24, 2.45) is 4.99 Å². The molecule has 10 heteroatoms. The Hall–Kier alpha value is -1.81. The smallest absolute Gasteiger partial charge is 0.367 e. The van der Waals surface area contributed by atoms with Crippen LogP contribution in [0.2, 0.25) is 0 Å². The van der Waals surface area contributed by atoms with Crippen molar-refractivity contribution in [3.63, 3.8) is 0 Å². The maximum absolute atomic E-state index is 12.0. The van der Waals surface area contributed by atoms with Crippen LogP contribution in [-0.4, -0.2) is 52.3 Å². The van der Waals surface area contributed by atoms with E-state index in [1.165, 1.54) is 6.26 Å². The molecule has 26 heavy (non-hydrogen) atoms. The van der Waals surface area contributed by atoms with E-state index in [9.17, 15) is 21.6 Å². The molecule has 148 valence electrons. The standard InChI is InChI=1S/C16H24F3N3O3S/c1-3-20-15(21-8-9-26(2,23)24)22-10-13-4-6-14(7-5-13)11-25-12-16(17,18)19/h4-7H,3,8-12H2,1-2H3,(H2,20,21,22). The van der Waals surface area contributed by atoms with E-state index >= 15 is 0 Å². The van der Waals surface area contributed by atoms with Crippen molar-refractivity contribution < 1.29 is 26.3 Å². The first kappa shape index (κ1) is 22.2. The minimum Gasteiger partial charge on any atom is -0.367 e. The van der Waals surface area contributed by atoms with Gasteiger partial charge in [-0.15, -0.1) is 0 Å². The Labute approximate surface area is 151 Å². The van der Waals surface area contributed by atoms with Crippen LogP contribution in [0.1, 0.15) is 18.1 Å². The molecule has 0 aliphatic carbocycles. The van der Waals surface area contributed by atoms with Crippen LogP contribution in [-0.2, 0) is 27.7 Å². The summed E-state index contributed by atoms with van der Waals surface area (Å²) in [5.74, 6) is 0.498. The van der Waals surface area contributed by atoms with Gasteiger partial charge >= 0.3 is 6.18 Å². The molecule has 0 saturated carbocycles. The number of guanidine groups is 1. The van der Waals surface area contributed by atoms with E-state index in [-0.39, 0.29) is 18.9 Å². The van der Waals surface area contributed by atoms with E-state index in [1.54, 1.807) is 24.3 Å². The number of rotatable bonds is 9. The highest BCUT2D eigenvalue weighted by molar-refractivity contribution is 7.90. The van der Waals surface area contributed by atoms with Gasteiger partial charge in [0.1, 0.15) is 16.4 Å². The van der Waals surface area contributed by atoms with E-state index in [0.29, 0.717) is 24.6 Å². The van der Waals surface area contributed by atoms with E-state index < -0.39 is 22.6 Å². The van der Waals surface area contributed by atoms with Crippen LogP contribution in [0.3, 0.4) is 0 Å². The van der Waals surface area contributed by atoms with Crippen LogP contribution in [0, 0.1) is 0 Å². The highest BCUT2D eigenvalue weighted by Crippen LogP contribution is 2.16. The molecule has 1 aromatic carbocycles. The molecule has 0 atom stereocenters. The molecule has 0 spiro atoms. The second kappa shape index (κ2) is 10.4. The second-order valence-corrected chi connectivity index (χ2v) is 7.94. The number of halogens is 3. The van der Waals surface area contributed by atoms with E-state index in [1.807, 2.05) is 6.92 Å². The number of ether oxygens (including phenoxy) is 1. The summed E-state index contributed by atoms with van der Waals surface area (Å²) in [4.78, 5) is 4.35. The molecule has 1 aromatic rings. The molecule has 0 heterocycles. The van der Waals surface area contributed by atoms with Crippen molar-refractivity contribution in [3.05, 3.63) is 35.4 Å². The average Bonchev–Trinajstić information content (AvgIpc) is 2.51. The summed E-state index contributed by atoms with van der Waals surface area (Å²) in [6, 6.07) is 6.89. The lowest BCUT2D eigenvalue weighted by molar-refractivity contribution is -0.176. The molecule has 0 amide bonds. The quantitative estimate of drug-likeness (QED) is 0.493. The van der Waals surface area contributed by atoms with Crippen LogP contribution in [0.5, 0.6) is 0 Å². The summed E-state index contributed by atoms with van der Waals surface area (Å²) in [5, 5.41) is 5.94. The minimum absolute atomic E-state index is 0.00400. The van der Waals surface area contributed by atoms with Gasteiger partial charge in [-0.25, -0.2) is 13.4 Å². The normalized spacial score (nSPS) is 12.9. The first-order valence-electron chi connectivity index (χ1n) is 8.01. The van der Waals surface area contributed by atoms with Crippen molar-refractivity contribution in [2.45, 2.75) is 26.3 Å². The number of hydrogen-bond acceptors (Lipinski definition) is 4. The molecule has 0 radical (unpaired) electrons. The summed E-state index contributed by atoms with van der Waals surface area (Å²) in [6.45, 7) is 1.73. The topological polar surface area (TPSA) is 79.8 Å². The zero-order valence-electron chi connectivity index (χ0n) is 14.8. The lowest BCUT2D eigenvalue weighted by Gasteiger charge is -2.11. The summed E-state index contributed by atoms with van der Waals surface area (Å²) < 4.78 is 63.0. The van der Waals surface area contributed by atoms with Gasteiger partial charge in [0.15, 0.2) is 5.96 Å². The Kier molecular flexibility index (Phi) is 8.86. The first-order valence-corrected chi connectivity index (χ1v) is 10.1. The van der Waals surface area contributed by atoms with Gasteiger partial charge in [-0.3, -0.25) is 0 Å². The molecule has 1 rings (SSSR count). The van der Waals surface area contributed by atoms with Gasteiger partial charge in [-0.2, -0.15) is 13.2 Å². The predicted octanol–water partition coefficient (Wildman–Crippen LogP) is 1.87. The van der Waals surface area contributed by atoms with E-state index in [0.717, 1.165) is 5.56 Å². The third kappa shape index (κ3) is 10.9. The van der Waals surface area contributed by atoms with Crippen molar-refractivity contribution in [3.8, 4) is 0 Å². The van der Waals surface area contributed by atoms with Gasteiger partial charge in [-0.05, 0) is 18.1 Å². The van der Waals surface area contributed by atoms with Crippen LogP contribution >= 0.6 is 0 Å². The number of aliphatic imine (C=N–C) groups is 1. The summed E-state index contributed by atoms with van der Waals surface area (Å²) in [7, 11) is -3.05. The number of alkyl halides is 3. The van der Waals surface area contributed by atoms with Crippen LogP contribution < -0.4 is 10.6 Å². The van der Waals surface area contributed by atoms with Gasteiger partial charge in [0.2, 0.25) is 0 Å². The van der Waals surface area contributed by atoms with Crippen molar-refractivity contribution in [2.75, 3.05) is 31.7 Å². The zero-order chi connectivity index (χ0) is 19.6. The van der Waals surface area contributed by atoms with Crippen molar-refractivity contribution in [1.82, 2.24) is 10.6 Å². The van der Waals surface area contributed by atoms with Gasteiger partial charge in [-0.1, -0.05) is 24.3 Å². The molecular formula is C16H24F3N3O3S. The first-order chi connectivity index (χ1) is 12.1. The monoisotopic (exact) mass is 395 g/mol. The molecule has 0 unspecified atom stereocenters. The number of hydrogen-bond donors (Lipinski definition) is 2. The molecule has 0 aliphatic rings. The molecule has 0 aromatic heterocycles. The highest BCUT2D eigenvalue weighted by atomic mass is 32.2. The molecule has 0 saturated heterocycles. The minimum atomic E-state index is -4.33. The third-order valence-electron chi connectivity index (χ3n) is 3.09. The van der Waals surface area contributed by atoms with Gasteiger partial charge in [0, 0.05) is 19.3 Å². The fourth-order valence-corrected chi connectivity index (χ4v) is 2.37. The largest absolute Gasteiger partial charge is 0.411 e. The van der Waals surface area contributed by atoms with E-state index in [2.05, 4.69) is 20.4 Å². The lowest BCUT2D eigenvalue weighted by Crippen LogP contribution is -2.39. The Bertz CT molecular complexity index is 674. The Morgan fingerprint density at radius 1 is 1.15 bits per heavy atom. The van der Waals surface area contributed by atoms with Gasteiger partial charge in [0.05, 0.1) is 18.9 Å². The maximum atomic E-state index is 12.0. The number of nitrogens with one attached hydrogen (secondary N) is 2. The van der Waals surface area contributed by atoms with Crippen molar-refractivity contribution >= 4 is 15.8 Å².